The van der Waals surface area contributed by atoms with E-state index in [0.29, 0.717) is 25.8 Å². The fraction of sp³-hybridized carbons (Fsp3) is 0.600. The van der Waals surface area contributed by atoms with Crippen LogP contribution >= 0.6 is 0 Å². The lowest BCUT2D eigenvalue weighted by Crippen LogP contribution is -2.61. The second-order valence-corrected chi connectivity index (χ2v) is 7.69. The van der Waals surface area contributed by atoms with Crippen molar-refractivity contribution in [1.29, 1.82) is 0 Å². The molecule has 2 heterocycles. The highest BCUT2D eigenvalue weighted by molar-refractivity contribution is 5.91. The lowest BCUT2D eigenvalue weighted by molar-refractivity contribution is -0.156. The molecule has 3 fully saturated rings. The molecule has 4 atom stereocenters. The van der Waals surface area contributed by atoms with E-state index in [1.54, 1.807) is 0 Å². The van der Waals surface area contributed by atoms with E-state index in [1.165, 1.54) is 0 Å². The minimum atomic E-state index is -0.859. The Kier molecular flexibility index (Phi) is 4.28. The van der Waals surface area contributed by atoms with Crippen LogP contribution in [0.2, 0.25) is 0 Å². The summed E-state index contributed by atoms with van der Waals surface area (Å²) in [6.07, 6.45) is 5.65. The number of rotatable bonds is 2. The summed E-state index contributed by atoms with van der Waals surface area (Å²) < 4.78 is 0. The van der Waals surface area contributed by atoms with E-state index in [0.717, 1.165) is 31.2 Å². The molecule has 1 aliphatic carbocycles. The van der Waals surface area contributed by atoms with E-state index in [1.807, 2.05) is 35.2 Å². The minimum absolute atomic E-state index is 0.0312. The molecule has 134 valence electrons. The highest BCUT2D eigenvalue weighted by atomic mass is 16.3. The first kappa shape index (κ1) is 16.6. The molecule has 2 N–H and O–H groups in total. The molecule has 1 saturated carbocycles. The molecular formula is C20H26N2O3. The average Bonchev–Trinajstić information content (AvgIpc) is 3.09. The number of aliphatic hydroxyl groups is 1. The number of fused-ring (bicyclic) bond motifs is 1. The van der Waals surface area contributed by atoms with Crippen molar-refractivity contribution in [2.45, 2.75) is 62.6 Å². The monoisotopic (exact) mass is 342 g/mol. The molecule has 2 amide bonds. The van der Waals surface area contributed by atoms with Gasteiger partial charge in [-0.1, -0.05) is 43.2 Å². The van der Waals surface area contributed by atoms with Crippen molar-refractivity contribution in [3.8, 4) is 0 Å². The maximum atomic E-state index is 13.0. The Morgan fingerprint density at radius 1 is 1.16 bits per heavy atom. The van der Waals surface area contributed by atoms with Gasteiger partial charge in [-0.2, -0.15) is 0 Å². The first-order chi connectivity index (χ1) is 12.1. The van der Waals surface area contributed by atoms with E-state index >= 15 is 0 Å². The summed E-state index contributed by atoms with van der Waals surface area (Å²) in [7, 11) is 0. The SMILES string of the molecule is O=C1CCC(C(=O)N2CCC(O)(c3ccccc3)C3CCCCC32)N1. The molecule has 0 aromatic heterocycles. The van der Waals surface area contributed by atoms with Crippen molar-refractivity contribution >= 4 is 11.8 Å². The molecule has 5 nitrogen and oxygen atoms in total. The summed E-state index contributed by atoms with van der Waals surface area (Å²) in [5, 5.41) is 14.3. The lowest BCUT2D eigenvalue weighted by atomic mass is 9.66. The van der Waals surface area contributed by atoms with Crippen molar-refractivity contribution in [2.24, 2.45) is 5.92 Å². The van der Waals surface area contributed by atoms with Gasteiger partial charge in [0.2, 0.25) is 11.8 Å². The van der Waals surface area contributed by atoms with Crippen LogP contribution in [0.5, 0.6) is 0 Å². The van der Waals surface area contributed by atoms with Crippen LogP contribution in [0.25, 0.3) is 0 Å². The van der Waals surface area contributed by atoms with Crippen molar-refractivity contribution in [3.63, 3.8) is 0 Å². The highest BCUT2D eigenvalue weighted by Gasteiger charge is 2.51. The first-order valence-electron chi connectivity index (χ1n) is 9.47. The van der Waals surface area contributed by atoms with Crippen molar-refractivity contribution in [1.82, 2.24) is 10.2 Å². The van der Waals surface area contributed by atoms with Crippen LogP contribution < -0.4 is 5.32 Å². The van der Waals surface area contributed by atoms with E-state index in [-0.39, 0.29) is 29.8 Å². The molecule has 4 unspecified atom stereocenters. The van der Waals surface area contributed by atoms with Crippen LogP contribution in [0.1, 0.15) is 50.5 Å². The number of amides is 2. The number of hydrogen-bond donors (Lipinski definition) is 2. The van der Waals surface area contributed by atoms with Crippen molar-refractivity contribution < 1.29 is 14.7 Å². The van der Waals surface area contributed by atoms with Crippen LogP contribution in [0, 0.1) is 5.92 Å². The van der Waals surface area contributed by atoms with Crippen LogP contribution in [-0.2, 0) is 15.2 Å². The Labute approximate surface area is 148 Å². The maximum Gasteiger partial charge on any atom is 0.245 e. The molecule has 1 aromatic carbocycles. The zero-order valence-electron chi connectivity index (χ0n) is 14.5. The third-order valence-electron chi connectivity index (χ3n) is 6.33. The summed E-state index contributed by atoms with van der Waals surface area (Å²) >= 11 is 0. The first-order valence-corrected chi connectivity index (χ1v) is 9.47. The van der Waals surface area contributed by atoms with Gasteiger partial charge in [0.15, 0.2) is 0 Å². The third kappa shape index (κ3) is 2.84. The van der Waals surface area contributed by atoms with Crippen LogP contribution in [0.15, 0.2) is 30.3 Å². The van der Waals surface area contributed by atoms with Gasteiger partial charge in [-0.3, -0.25) is 9.59 Å². The summed E-state index contributed by atoms with van der Waals surface area (Å²) in [5.41, 5.74) is 0.107. The third-order valence-corrected chi connectivity index (χ3v) is 6.33. The fourth-order valence-electron chi connectivity index (χ4n) is 5.04. The minimum Gasteiger partial charge on any atom is -0.385 e. The van der Waals surface area contributed by atoms with Gasteiger partial charge in [-0.05, 0) is 31.2 Å². The van der Waals surface area contributed by atoms with Crippen molar-refractivity contribution in [2.75, 3.05) is 6.54 Å². The molecule has 25 heavy (non-hydrogen) atoms. The van der Waals surface area contributed by atoms with Gasteiger partial charge in [0, 0.05) is 24.9 Å². The second-order valence-electron chi connectivity index (χ2n) is 7.69. The fourth-order valence-corrected chi connectivity index (χ4v) is 5.04. The number of benzene rings is 1. The summed E-state index contributed by atoms with van der Waals surface area (Å²) in [5.74, 6) is 0.0765. The van der Waals surface area contributed by atoms with Gasteiger partial charge in [-0.15, -0.1) is 0 Å². The van der Waals surface area contributed by atoms with Gasteiger partial charge in [0.1, 0.15) is 6.04 Å². The Morgan fingerprint density at radius 2 is 1.92 bits per heavy atom. The highest BCUT2D eigenvalue weighted by Crippen LogP contribution is 2.47. The Hall–Kier alpha value is -1.88. The molecule has 2 saturated heterocycles. The van der Waals surface area contributed by atoms with Gasteiger partial charge >= 0.3 is 0 Å². The van der Waals surface area contributed by atoms with Crippen LogP contribution in [0.4, 0.5) is 0 Å². The molecule has 0 radical (unpaired) electrons. The molecule has 0 spiro atoms. The predicted molar refractivity (Wildman–Crippen MR) is 93.6 cm³/mol. The van der Waals surface area contributed by atoms with Crippen LogP contribution in [-0.4, -0.2) is 40.4 Å². The largest absolute Gasteiger partial charge is 0.385 e. The summed E-state index contributed by atoms with van der Waals surface area (Å²) in [6, 6.07) is 9.59. The molecular weight excluding hydrogens is 316 g/mol. The number of carbonyl (C=O) groups is 2. The van der Waals surface area contributed by atoms with E-state index < -0.39 is 5.60 Å². The lowest BCUT2D eigenvalue weighted by Gasteiger charge is -2.53. The topological polar surface area (TPSA) is 69.6 Å². The Morgan fingerprint density at radius 3 is 2.64 bits per heavy atom. The smallest absolute Gasteiger partial charge is 0.245 e. The molecule has 0 bridgehead atoms. The van der Waals surface area contributed by atoms with E-state index in [9.17, 15) is 14.7 Å². The van der Waals surface area contributed by atoms with Crippen LogP contribution in [0.3, 0.4) is 0 Å². The number of nitrogens with zero attached hydrogens (tertiary/aromatic N) is 1. The number of likely N-dealkylation sites (tertiary alicyclic amines) is 1. The summed E-state index contributed by atoms with van der Waals surface area (Å²) in [4.78, 5) is 26.4. The molecule has 3 aliphatic rings. The normalized spacial score (nSPS) is 35.2. The van der Waals surface area contributed by atoms with Gasteiger partial charge in [0.25, 0.3) is 0 Å². The molecule has 1 aromatic rings. The van der Waals surface area contributed by atoms with Gasteiger partial charge in [-0.25, -0.2) is 0 Å². The quantitative estimate of drug-likeness (QED) is 0.863. The Balaban J connectivity index is 1.60. The zero-order chi connectivity index (χ0) is 17.4. The maximum absolute atomic E-state index is 13.0. The summed E-state index contributed by atoms with van der Waals surface area (Å²) in [6.45, 7) is 0.553. The molecule has 2 aliphatic heterocycles. The van der Waals surface area contributed by atoms with Gasteiger partial charge < -0.3 is 15.3 Å². The van der Waals surface area contributed by atoms with Crippen molar-refractivity contribution in [3.05, 3.63) is 35.9 Å². The number of hydrogen-bond acceptors (Lipinski definition) is 3. The standard InChI is InChI=1S/C20H26N2O3/c23-18-11-10-16(21-18)19(24)22-13-12-20(25,14-6-2-1-3-7-14)15-8-4-5-9-17(15)22/h1-3,6-7,15-17,25H,4-5,8-13H2,(H,21,23). The van der Waals surface area contributed by atoms with E-state index in [4.69, 9.17) is 0 Å². The number of piperidine rings is 1. The molecule has 5 heteroatoms. The van der Waals surface area contributed by atoms with Gasteiger partial charge in [0.05, 0.1) is 5.60 Å². The van der Waals surface area contributed by atoms with E-state index in [2.05, 4.69) is 5.32 Å². The number of nitrogens with one attached hydrogen (secondary N) is 1. The molecule has 4 rings (SSSR count). The number of carbonyl (C=O) groups excluding carboxylic acids is 2. The second kappa shape index (κ2) is 6.45. The predicted octanol–water partition coefficient (Wildman–Crippen LogP) is 1.94. The average molecular weight is 342 g/mol. The zero-order valence-corrected chi connectivity index (χ0v) is 14.5. The Bertz CT molecular complexity index is 662.